The van der Waals surface area contributed by atoms with Crippen molar-refractivity contribution >= 4 is 17.5 Å². The summed E-state index contributed by atoms with van der Waals surface area (Å²) in [6.07, 6.45) is 2.05. The van der Waals surface area contributed by atoms with Crippen molar-refractivity contribution in [1.29, 1.82) is 5.53 Å². The zero-order valence-corrected chi connectivity index (χ0v) is 11.5. The number of aryl methyl sites for hydroxylation is 1. The SMILES string of the molecule is Cc1cc(C(=O)NN=N)c(Cc2ccccn2)c(Cl)n1. The number of hydrogen-bond donors (Lipinski definition) is 2. The summed E-state index contributed by atoms with van der Waals surface area (Å²) in [6, 6.07) is 7.12. The van der Waals surface area contributed by atoms with Crippen LogP contribution in [0.5, 0.6) is 0 Å². The standard InChI is InChI=1S/C13H12ClN5O/c1-8-6-11(13(20)18-19-15)10(12(14)17-8)7-9-4-2-3-5-16-9/h2-6H,7H2,1H3,(H2,15,18,20). The second-order valence-corrected chi connectivity index (χ2v) is 4.49. The summed E-state index contributed by atoms with van der Waals surface area (Å²) in [5.74, 6) is -0.488. The fourth-order valence-corrected chi connectivity index (χ4v) is 2.13. The largest absolute Gasteiger partial charge is 0.273 e. The molecule has 1 amide bonds. The van der Waals surface area contributed by atoms with Gasteiger partial charge in [0.1, 0.15) is 5.15 Å². The third-order valence-corrected chi connectivity index (χ3v) is 3.00. The second kappa shape index (κ2) is 6.21. The number of amides is 1. The predicted octanol–water partition coefficient (Wildman–Crippen LogP) is 2.70. The summed E-state index contributed by atoms with van der Waals surface area (Å²) in [5, 5.41) is 3.15. The Morgan fingerprint density at radius 1 is 1.50 bits per heavy atom. The molecule has 2 aromatic rings. The van der Waals surface area contributed by atoms with Gasteiger partial charge in [-0.05, 0) is 25.1 Å². The Bertz CT molecular complexity index is 645. The van der Waals surface area contributed by atoms with Crippen LogP contribution in [-0.4, -0.2) is 15.9 Å². The van der Waals surface area contributed by atoms with E-state index in [4.69, 9.17) is 17.1 Å². The molecule has 2 N–H and O–H groups in total. The number of carbonyl (C=O) groups is 1. The van der Waals surface area contributed by atoms with Crippen molar-refractivity contribution in [2.75, 3.05) is 0 Å². The first-order valence-corrected chi connectivity index (χ1v) is 6.22. The minimum atomic E-state index is -0.488. The summed E-state index contributed by atoms with van der Waals surface area (Å²) >= 11 is 6.13. The quantitative estimate of drug-likeness (QED) is 0.515. The molecule has 0 aliphatic heterocycles. The van der Waals surface area contributed by atoms with Crippen molar-refractivity contribution < 1.29 is 4.79 Å². The molecule has 0 aromatic carbocycles. The molecule has 0 atom stereocenters. The van der Waals surface area contributed by atoms with E-state index in [1.54, 1.807) is 19.2 Å². The third kappa shape index (κ3) is 3.16. The molecule has 0 spiro atoms. The number of nitrogens with zero attached hydrogens (tertiary/aromatic N) is 3. The van der Waals surface area contributed by atoms with Crippen LogP contribution in [0.4, 0.5) is 0 Å². The number of rotatable bonds is 4. The Labute approximate surface area is 120 Å². The molecule has 0 aliphatic rings. The molecular formula is C13H12ClN5O. The van der Waals surface area contributed by atoms with E-state index in [1.165, 1.54) is 0 Å². The summed E-state index contributed by atoms with van der Waals surface area (Å²) in [4.78, 5) is 20.3. The Kier molecular flexibility index (Phi) is 4.37. The highest BCUT2D eigenvalue weighted by atomic mass is 35.5. The molecule has 0 aliphatic carbocycles. The molecule has 0 unspecified atom stereocenters. The van der Waals surface area contributed by atoms with Gasteiger partial charge in [0.05, 0.1) is 0 Å². The monoisotopic (exact) mass is 289 g/mol. The second-order valence-electron chi connectivity index (χ2n) is 4.13. The van der Waals surface area contributed by atoms with Crippen LogP contribution in [0.25, 0.3) is 0 Å². The van der Waals surface area contributed by atoms with Gasteiger partial charge in [-0.15, -0.1) is 0 Å². The molecule has 6 nitrogen and oxygen atoms in total. The number of aromatic nitrogens is 2. The molecule has 0 saturated heterocycles. The van der Waals surface area contributed by atoms with E-state index < -0.39 is 5.91 Å². The Morgan fingerprint density at radius 2 is 2.30 bits per heavy atom. The molecule has 0 saturated carbocycles. The van der Waals surface area contributed by atoms with E-state index in [-0.39, 0.29) is 5.15 Å². The van der Waals surface area contributed by atoms with Gasteiger partial charge in [0.25, 0.3) is 5.91 Å². The molecule has 2 heterocycles. The molecule has 0 fully saturated rings. The molecule has 2 aromatic heterocycles. The van der Waals surface area contributed by atoms with Gasteiger partial charge in [0.2, 0.25) is 0 Å². The molecular weight excluding hydrogens is 278 g/mol. The fraction of sp³-hybridized carbons (Fsp3) is 0.154. The van der Waals surface area contributed by atoms with Gasteiger partial charge in [-0.2, -0.15) is 5.53 Å². The number of pyridine rings is 2. The third-order valence-electron chi connectivity index (χ3n) is 2.69. The molecule has 102 valence electrons. The van der Waals surface area contributed by atoms with Gasteiger partial charge in [-0.3, -0.25) is 9.78 Å². The smallest absolute Gasteiger partial charge is 0.267 e. The minimum absolute atomic E-state index is 0.255. The van der Waals surface area contributed by atoms with Crippen molar-refractivity contribution in [3.05, 3.63) is 58.1 Å². The van der Waals surface area contributed by atoms with Gasteiger partial charge in [0, 0.05) is 35.1 Å². The average Bonchev–Trinajstić information content (AvgIpc) is 2.43. The first-order valence-electron chi connectivity index (χ1n) is 5.84. The highest BCUT2D eigenvalue weighted by Crippen LogP contribution is 2.22. The van der Waals surface area contributed by atoms with Crippen LogP contribution in [-0.2, 0) is 6.42 Å². The fourth-order valence-electron chi connectivity index (χ4n) is 1.83. The highest BCUT2D eigenvalue weighted by Gasteiger charge is 2.17. The van der Waals surface area contributed by atoms with Crippen LogP contribution < -0.4 is 5.43 Å². The molecule has 2 rings (SSSR count). The van der Waals surface area contributed by atoms with E-state index in [0.29, 0.717) is 23.2 Å². The average molecular weight is 290 g/mol. The lowest BCUT2D eigenvalue weighted by atomic mass is 10.0. The van der Waals surface area contributed by atoms with Crippen molar-refractivity contribution in [3.8, 4) is 0 Å². The van der Waals surface area contributed by atoms with E-state index in [0.717, 1.165) is 5.69 Å². The summed E-state index contributed by atoms with van der Waals surface area (Å²) in [6.45, 7) is 1.74. The number of carbonyl (C=O) groups excluding carboxylic acids is 1. The van der Waals surface area contributed by atoms with E-state index in [1.807, 2.05) is 18.2 Å². The van der Waals surface area contributed by atoms with Gasteiger partial charge in [-0.1, -0.05) is 22.9 Å². The van der Waals surface area contributed by atoms with Gasteiger partial charge < -0.3 is 0 Å². The summed E-state index contributed by atoms with van der Waals surface area (Å²) < 4.78 is 0. The van der Waals surface area contributed by atoms with Crippen LogP contribution in [0, 0.1) is 12.5 Å². The highest BCUT2D eigenvalue weighted by molar-refractivity contribution is 6.30. The zero-order valence-electron chi connectivity index (χ0n) is 10.7. The lowest BCUT2D eigenvalue weighted by molar-refractivity contribution is 0.0949. The summed E-state index contributed by atoms with van der Waals surface area (Å²) in [5.41, 5.74) is 11.1. The maximum Gasteiger partial charge on any atom is 0.273 e. The Morgan fingerprint density at radius 3 is 2.95 bits per heavy atom. The van der Waals surface area contributed by atoms with Crippen LogP contribution in [0.1, 0.15) is 27.3 Å². The topological polar surface area (TPSA) is 91.1 Å². The zero-order chi connectivity index (χ0) is 14.5. The van der Waals surface area contributed by atoms with Gasteiger partial charge >= 0.3 is 0 Å². The molecule has 0 radical (unpaired) electrons. The van der Waals surface area contributed by atoms with Crippen molar-refractivity contribution in [3.63, 3.8) is 0 Å². The first kappa shape index (κ1) is 14.1. The number of hydrogen-bond acceptors (Lipinski definition) is 5. The van der Waals surface area contributed by atoms with Crippen molar-refractivity contribution in [2.45, 2.75) is 13.3 Å². The predicted molar refractivity (Wildman–Crippen MR) is 73.6 cm³/mol. The normalized spacial score (nSPS) is 10.1. The van der Waals surface area contributed by atoms with Crippen LogP contribution in [0.15, 0.2) is 35.7 Å². The van der Waals surface area contributed by atoms with Crippen LogP contribution in [0.2, 0.25) is 5.15 Å². The van der Waals surface area contributed by atoms with Crippen molar-refractivity contribution in [2.24, 2.45) is 5.22 Å². The summed E-state index contributed by atoms with van der Waals surface area (Å²) in [7, 11) is 0. The first-order chi connectivity index (χ1) is 9.61. The minimum Gasteiger partial charge on any atom is -0.267 e. The molecule has 20 heavy (non-hydrogen) atoms. The van der Waals surface area contributed by atoms with Crippen molar-refractivity contribution in [1.82, 2.24) is 15.4 Å². The van der Waals surface area contributed by atoms with E-state index in [9.17, 15) is 4.79 Å². The molecule has 0 bridgehead atoms. The lowest BCUT2D eigenvalue weighted by Crippen LogP contribution is -2.19. The molecule has 7 heteroatoms. The Hall–Kier alpha value is -2.34. The number of nitrogens with one attached hydrogen (secondary N) is 2. The van der Waals surface area contributed by atoms with Gasteiger partial charge in [0.15, 0.2) is 0 Å². The maximum absolute atomic E-state index is 11.9. The van der Waals surface area contributed by atoms with Gasteiger partial charge in [-0.25, -0.2) is 10.4 Å². The Balaban J connectivity index is 2.45. The van der Waals surface area contributed by atoms with E-state index in [2.05, 4.69) is 20.6 Å². The van der Waals surface area contributed by atoms with E-state index >= 15 is 0 Å². The van der Waals surface area contributed by atoms with Crippen LogP contribution in [0.3, 0.4) is 0 Å². The van der Waals surface area contributed by atoms with Crippen LogP contribution >= 0.6 is 11.6 Å². The maximum atomic E-state index is 11.9. The number of halogens is 1. The lowest BCUT2D eigenvalue weighted by Gasteiger charge is -2.10.